The number of halogens is 1. The first-order chi connectivity index (χ1) is 15.1. The summed E-state index contributed by atoms with van der Waals surface area (Å²) in [6.45, 7) is 8.26. The molecule has 1 radical (unpaired) electrons. The number of carbonyl (C=O) groups excluding carboxylic acids is 1. The fourth-order valence-electron chi connectivity index (χ4n) is 3.84. The Morgan fingerprint density at radius 2 is 1.97 bits per heavy atom. The second-order valence-electron chi connectivity index (χ2n) is 8.48. The average molecular weight is 463 g/mol. The highest BCUT2D eigenvalue weighted by molar-refractivity contribution is 7.90. The van der Waals surface area contributed by atoms with Crippen molar-refractivity contribution in [1.29, 1.82) is 0 Å². The van der Waals surface area contributed by atoms with Crippen molar-refractivity contribution in [3.05, 3.63) is 35.9 Å². The molecule has 1 amide bonds. The molecule has 0 aliphatic carbocycles. The van der Waals surface area contributed by atoms with Crippen molar-refractivity contribution in [3.8, 4) is 0 Å². The second kappa shape index (κ2) is 9.81. The minimum absolute atomic E-state index is 0.0788. The standard InChI is InChI=1S/C22H29FN5O3S/c1-15(2)28(12-17-7-9-27(14-29)10-8-17)22-16(3)21(24-13-25-22)26-20-6-5-18(11-19(20)23)32(4,30)31/h5-6,11,13,15,17H,7-10,12H2,1-4H3,(H,24,25,26). The van der Waals surface area contributed by atoms with Crippen LogP contribution in [0.3, 0.4) is 0 Å². The predicted molar refractivity (Wildman–Crippen MR) is 122 cm³/mol. The lowest BCUT2D eigenvalue weighted by Crippen LogP contribution is -2.41. The summed E-state index contributed by atoms with van der Waals surface area (Å²) in [5, 5.41) is 2.97. The van der Waals surface area contributed by atoms with Crippen LogP contribution in [-0.2, 0) is 14.6 Å². The molecule has 2 heterocycles. The van der Waals surface area contributed by atoms with Crippen LogP contribution in [0.5, 0.6) is 0 Å². The van der Waals surface area contributed by atoms with Crippen LogP contribution in [0.25, 0.3) is 0 Å². The number of hydrogen-bond donors (Lipinski definition) is 1. The second-order valence-corrected chi connectivity index (χ2v) is 10.5. The molecule has 173 valence electrons. The fourth-order valence-corrected chi connectivity index (χ4v) is 4.47. The van der Waals surface area contributed by atoms with E-state index in [9.17, 15) is 17.6 Å². The van der Waals surface area contributed by atoms with Crippen molar-refractivity contribution < 1.29 is 17.6 Å². The third kappa shape index (κ3) is 5.53. The summed E-state index contributed by atoms with van der Waals surface area (Å²) in [7, 11) is -3.49. The molecule has 8 nitrogen and oxygen atoms in total. The highest BCUT2D eigenvalue weighted by Gasteiger charge is 2.25. The topological polar surface area (TPSA) is 95.5 Å². The van der Waals surface area contributed by atoms with Crippen molar-refractivity contribution in [3.63, 3.8) is 0 Å². The van der Waals surface area contributed by atoms with Gasteiger partial charge in [0, 0.05) is 37.5 Å². The third-order valence-electron chi connectivity index (χ3n) is 5.77. The number of hydrogen-bond acceptors (Lipinski definition) is 7. The Morgan fingerprint density at radius 1 is 1.28 bits per heavy atom. The Morgan fingerprint density at radius 3 is 2.53 bits per heavy atom. The lowest BCUT2D eigenvalue weighted by atomic mass is 9.96. The Balaban J connectivity index is 1.82. The van der Waals surface area contributed by atoms with Crippen molar-refractivity contribution in [2.24, 2.45) is 5.92 Å². The molecule has 3 rings (SSSR count). The van der Waals surface area contributed by atoms with Gasteiger partial charge in [-0.2, -0.15) is 0 Å². The molecule has 1 aromatic carbocycles. The molecule has 0 saturated carbocycles. The van der Waals surface area contributed by atoms with Gasteiger partial charge in [0.1, 0.15) is 23.8 Å². The zero-order valence-corrected chi connectivity index (χ0v) is 19.6. The van der Waals surface area contributed by atoms with Gasteiger partial charge in [-0.15, -0.1) is 0 Å². The molecule has 1 saturated heterocycles. The summed E-state index contributed by atoms with van der Waals surface area (Å²) < 4.78 is 37.9. The Labute approximate surface area is 188 Å². The Bertz CT molecular complexity index is 1070. The zero-order valence-electron chi connectivity index (χ0n) is 18.8. The number of benzene rings is 1. The molecular formula is C22H29FN5O3S. The highest BCUT2D eigenvalue weighted by Crippen LogP contribution is 2.30. The van der Waals surface area contributed by atoms with Crippen LogP contribution in [0.15, 0.2) is 29.4 Å². The SMILES string of the molecule is Cc1c(Nc2ccc(S(C)(=O)=O)cc2F)ncnc1N(CC1CCN([C]=O)CC1)C(C)C. The summed E-state index contributed by atoms with van der Waals surface area (Å²) >= 11 is 0. The minimum Gasteiger partial charge on any atom is -0.354 e. The quantitative estimate of drug-likeness (QED) is 0.644. The van der Waals surface area contributed by atoms with Gasteiger partial charge >= 0.3 is 6.41 Å². The number of nitrogens with one attached hydrogen (secondary N) is 1. The van der Waals surface area contributed by atoms with E-state index < -0.39 is 15.7 Å². The largest absolute Gasteiger partial charge is 0.354 e. The fraction of sp³-hybridized carbons (Fsp3) is 0.500. The molecule has 1 aromatic heterocycles. The van der Waals surface area contributed by atoms with Crippen LogP contribution >= 0.6 is 0 Å². The molecule has 0 spiro atoms. The predicted octanol–water partition coefficient (Wildman–Crippen LogP) is 3.07. The lowest BCUT2D eigenvalue weighted by Gasteiger charge is -2.36. The van der Waals surface area contributed by atoms with Gasteiger partial charge in [0.15, 0.2) is 9.84 Å². The van der Waals surface area contributed by atoms with Crippen molar-refractivity contribution in [1.82, 2.24) is 14.9 Å². The Hall–Kier alpha value is -2.75. The van der Waals surface area contributed by atoms with Crippen molar-refractivity contribution in [2.45, 2.75) is 44.6 Å². The first-order valence-corrected chi connectivity index (χ1v) is 12.5. The molecule has 1 aliphatic rings. The van der Waals surface area contributed by atoms with Crippen LogP contribution in [0.4, 0.5) is 21.7 Å². The van der Waals surface area contributed by atoms with Crippen molar-refractivity contribution in [2.75, 3.05) is 36.1 Å². The first kappa shape index (κ1) is 23.9. The Kier molecular flexibility index (Phi) is 7.33. The van der Waals surface area contributed by atoms with Gasteiger partial charge in [0.2, 0.25) is 0 Å². The maximum Gasteiger partial charge on any atom is 0.312 e. The number of sulfone groups is 1. The summed E-state index contributed by atoms with van der Waals surface area (Å²) in [5.74, 6) is 0.966. The molecular weight excluding hydrogens is 433 g/mol. The summed E-state index contributed by atoms with van der Waals surface area (Å²) in [4.78, 5) is 23.4. The average Bonchev–Trinajstić information content (AvgIpc) is 2.74. The van der Waals surface area contributed by atoms with Crippen molar-refractivity contribution >= 4 is 33.6 Å². The van der Waals surface area contributed by atoms with E-state index in [2.05, 4.69) is 34.0 Å². The summed E-state index contributed by atoms with van der Waals surface area (Å²) in [6, 6.07) is 3.93. The number of amides is 1. The molecule has 1 N–H and O–H groups in total. The smallest absolute Gasteiger partial charge is 0.312 e. The number of piperidine rings is 1. The number of anilines is 3. The van der Waals surface area contributed by atoms with Gasteiger partial charge < -0.3 is 15.1 Å². The van der Waals surface area contributed by atoms with Gasteiger partial charge in [0.25, 0.3) is 0 Å². The van der Waals surface area contributed by atoms with Gasteiger partial charge in [-0.3, -0.25) is 4.79 Å². The molecule has 10 heteroatoms. The van der Waals surface area contributed by atoms with Crippen LogP contribution in [0, 0.1) is 18.7 Å². The molecule has 1 aliphatic heterocycles. The number of likely N-dealkylation sites (tertiary alicyclic amines) is 1. The summed E-state index contributed by atoms with van der Waals surface area (Å²) in [6.07, 6.45) is 6.26. The highest BCUT2D eigenvalue weighted by atomic mass is 32.2. The van der Waals surface area contributed by atoms with Gasteiger partial charge in [-0.1, -0.05) is 0 Å². The van der Waals surface area contributed by atoms with E-state index in [-0.39, 0.29) is 16.6 Å². The van der Waals surface area contributed by atoms with E-state index in [0.717, 1.165) is 43.1 Å². The number of rotatable bonds is 8. The molecule has 0 bridgehead atoms. The van der Waals surface area contributed by atoms with Crippen LogP contribution in [0.2, 0.25) is 0 Å². The van der Waals surface area contributed by atoms with E-state index in [1.54, 1.807) is 4.90 Å². The maximum absolute atomic E-state index is 14.5. The number of aromatic nitrogens is 2. The zero-order chi connectivity index (χ0) is 23.5. The van der Waals surface area contributed by atoms with E-state index in [1.807, 2.05) is 13.3 Å². The van der Waals surface area contributed by atoms with Gasteiger partial charge in [-0.25, -0.2) is 22.8 Å². The maximum atomic E-state index is 14.5. The monoisotopic (exact) mass is 462 g/mol. The van der Waals surface area contributed by atoms with Crippen LogP contribution in [0.1, 0.15) is 32.3 Å². The van der Waals surface area contributed by atoms with E-state index in [4.69, 9.17) is 0 Å². The normalized spacial score (nSPS) is 15.1. The molecule has 0 unspecified atom stereocenters. The molecule has 1 fully saturated rings. The van der Waals surface area contributed by atoms with Gasteiger partial charge in [0.05, 0.1) is 10.6 Å². The third-order valence-corrected chi connectivity index (χ3v) is 6.88. The molecule has 32 heavy (non-hydrogen) atoms. The first-order valence-electron chi connectivity index (χ1n) is 10.6. The van der Waals surface area contributed by atoms with Gasteiger partial charge in [-0.05, 0) is 57.7 Å². The number of nitrogens with zero attached hydrogens (tertiary/aromatic N) is 4. The molecule has 0 atom stereocenters. The van der Waals surface area contributed by atoms with Crippen LogP contribution in [-0.4, -0.2) is 61.6 Å². The summed E-state index contributed by atoms with van der Waals surface area (Å²) in [5.41, 5.74) is 0.908. The van der Waals surface area contributed by atoms with E-state index >= 15 is 0 Å². The van der Waals surface area contributed by atoms with E-state index in [0.29, 0.717) is 24.8 Å². The van der Waals surface area contributed by atoms with Crippen LogP contribution < -0.4 is 10.2 Å². The lowest BCUT2D eigenvalue weighted by molar-refractivity contribution is 0.256. The minimum atomic E-state index is -3.49. The van der Waals surface area contributed by atoms with E-state index in [1.165, 1.54) is 18.5 Å². The molecule has 2 aromatic rings.